The van der Waals surface area contributed by atoms with Gasteiger partial charge in [-0.05, 0) is 28.1 Å². The van der Waals surface area contributed by atoms with Crippen LogP contribution in [-0.4, -0.2) is 23.0 Å². The van der Waals surface area contributed by atoms with Crippen molar-refractivity contribution in [2.45, 2.75) is 4.34 Å². The molecule has 0 atom stereocenters. The Labute approximate surface area is 151 Å². The number of rotatable bonds is 2. The van der Waals surface area contributed by atoms with Crippen LogP contribution < -0.4 is 5.14 Å². The van der Waals surface area contributed by atoms with Gasteiger partial charge in [0.15, 0.2) is 0 Å². The highest BCUT2D eigenvalue weighted by Crippen LogP contribution is 2.32. The molecule has 0 fully saturated rings. The van der Waals surface area contributed by atoms with Crippen molar-refractivity contribution in [1.82, 2.24) is 14.6 Å². The minimum atomic E-state index is -3.83. The van der Waals surface area contributed by atoms with Gasteiger partial charge in [0, 0.05) is 10.0 Å². The fraction of sp³-hybridized carbons (Fsp3) is 0. The zero-order valence-electron chi connectivity index (χ0n) is 10.0. The van der Waals surface area contributed by atoms with E-state index < -0.39 is 10.0 Å². The Morgan fingerprint density at radius 3 is 2.38 bits per heavy atom. The van der Waals surface area contributed by atoms with Gasteiger partial charge in [-0.25, -0.2) is 23.1 Å². The summed E-state index contributed by atoms with van der Waals surface area (Å²) in [6.07, 6.45) is 0. The molecule has 2 aromatic heterocycles. The van der Waals surface area contributed by atoms with Gasteiger partial charge in [-0.3, -0.25) is 0 Å². The zero-order chi connectivity index (χ0) is 14.5. The van der Waals surface area contributed by atoms with Crippen molar-refractivity contribution in [2.75, 3.05) is 0 Å². The van der Waals surface area contributed by atoms with Crippen LogP contribution >= 0.6 is 60.2 Å². The maximum Gasteiger partial charge on any atom is 0.267 e. The maximum absolute atomic E-state index is 11.3. The average molecular weight is 519 g/mol. The summed E-state index contributed by atoms with van der Waals surface area (Å²) in [5, 5.41) is 9.11. The van der Waals surface area contributed by atoms with Gasteiger partial charge in [-0.1, -0.05) is 39.4 Å². The van der Waals surface area contributed by atoms with Gasteiger partial charge >= 0.3 is 0 Å². The first kappa shape index (κ1) is 17.0. The third-order valence-corrected chi connectivity index (χ3v) is 5.80. The lowest BCUT2D eigenvalue weighted by atomic mass is 10.2. The molecular weight excluding hydrogens is 512 g/mol. The third-order valence-electron chi connectivity index (χ3n) is 2.50. The summed E-state index contributed by atoms with van der Waals surface area (Å²) < 4.78 is 25.5. The Balaban J connectivity index is 0.00000161. The number of aromatic nitrogens is 3. The summed E-state index contributed by atoms with van der Waals surface area (Å²) in [5.41, 5.74) is 1.54. The lowest BCUT2D eigenvalue weighted by Gasteiger charge is -2.00. The van der Waals surface area contributed by atoms with Gasteiger partial charge < -0.3 is 0 Å². The minimum Gasteiger partial charge on any atom is -0.223 e. The highest BCUT2D eigenvalue weighted by atomic mass is 79.9. The second kappa shape index (κ2) is 6.05. The third kappa shape index (κ3) is 3.22. The monoisotopic (exact) mass is 516 g/mol. The van der Waals surface area contributed by atoms with Crippen LogP contribution in [0.1, 0.15) is 0 Å². The van der Waals surface area contributed by atoms with Crippen LogP contribution in [0.25, 0.3) is 16.2 Å². The molecule has 11 heteroatoms. The molecule has 2 N–H and O–H groups in total. The summed E-state index contributed by atoms with van der Waals surface area (Å²) in [4.78, 5) is 4.71. The number of hydrogen-bond acceptors (Lipinski definition) is 5. The molecule has 3 aromatic rings. The summed E-state index contributed by atoms with van der Waals surface area (Å²) in [5.74, 6) is 0. The fourth-order valence-corrected chi connectivity index (χ4v) is 4.13. The number of halogens is 3. The molecule has 0 amide bonds. The number of sulfonamides is 1. The normalized spacial score (nSPS) is 11.6. The average Bonchev–Trinajstić information content (AvgIpc) is 2.87. The SMILES string of the molecule is Br.NS(=O)(=O)c1nn2c(-c3ccc(Br)cc3)c(Br)nc2s1. The number of nitrogens with two attached hydrogens (primary N) is 1. The standard InChI is InChI=1S/C10H6Br2N4O2S2.BrH/c11-6-3-1-5(2-4-6)7-8(12)14-9-16(7)15-10(19-9)20(13,17)18;/h1-4H,(H2,13,17,18);1H. The molecule has 2 heterocycles. The second-order valence-corrected chi connectivity index (χ2v) is 8.22. The van der Waals surface area contributed by atoms with Crippen molar-refractivity contribution in [1.29, 1.82) is 0 Å². The molecule has 112 valence electrons. The maximum atomic E-state index is 11.3. The van der Waals surface area contributed by atoms with Gasteiger partial charge in [0.05, 0.1) is 0 Å². The lowest BCUT2D eigenvalue weighted by Crippen LogP contribution is -2.12. The topological polar surface area (TPSA) is 90.4 Å². The van der Waals surface area contributed by atoms with E-state index in [-0.39, 0.29) is 21.3 Å². The van der Waals surface area contributed by atoms with Gasteiger partial charge in [-0.15, -0.1) is 22.1 Å². The fourth-order valence-electron chi connectivity index (χ4n) is 1.67. The molecule has 1 aromatic carbocycles. The first-order chi connectivity index (χ1) is 9.36. The molecule has 0 unspecified atom stereocenters. The van der Waals surface area contributed by atoms with E-state index in [9.17, 15) is 8.42 Å². The largest absolute Gasteiger partial charge is 0.267 e. The Morgan fingerprint density at radius 2 is 1.81 bits per heavy atom. The van der Waals surface area contributed by atoms with Crippen molar-refractivity contribution < 1.29 is 8.42 Å². The predicted octanol–water partition coefficient (Wildman–Crippen LogP) is 3.21. The summed E-state index contributed by atoms with van der Waals surface area (Å²) in [6, 6.07) is 7.53. The minimum absolute atomic E-state index is 0. The van der Waals surface area contributed by atoms with Crippen LogP contribution in [0.3, 0.4) is 0 Å². The van der Waals surface area contributed by atoms with Crippen LogP contribution in [-0.2, 0) is 10.0 Å². The van der Waals surface area contributed by atoms with Gasteiger partial charge in [-0.2, -0.15) is 0 Å². The van der Waals surface area contributed by atoms with Gasteiger partial charge in [0.2, 0.25) is 9.30 Å². The molecule has 0 aliphatic heterocycles. The number of imidazole rings is 1. The number of nitrogens with zero attached hydrogens (tertiary/aromatic N) is 3. The lowest BCUT2D eigenvalue weighted by molar-refractivity contribution is 0.595. The number of hydrogen-bond donors (Lipinski definition) is 1. The van der Waals surface area contributed by atoms with E-state index in [4.69, 9.17) is 5.14 Å². The van der Waals surface area contributed by atoms with Crippen LogP contribution in [0.2, 0.25) is 0 Å². The first-order valence-corrected chi connectivity index (χ1v) is 9.15. The van der Waals surface area contributed by atoms with Crippen molar-refractivity contribution >= 4 is 75.2 Å². The number of benzene rings is 1. The smallest absolute Gasteiger partial charge is 0.223 e. The Hall–Kier alpha value is -0.330. The van der Waals surface area contributed by atoms with Gasteiger partial charge in [0.25, 0.3) is 10.0 Å². The highest BCUT2D eigenvalue weighted by molar-refractivity contribution is 9.10. The molecule has 0 bridgehead atoms. The van der Waals surface area contributed by atoms with E-state index >= 15 is 0 Å². The number of primary sulfonamides is 1. The summed E-state index contributed by atoms with van der Waals surface area (Å²) in [6.45, 7) is 0. The second-order valence-electron chi connectivity index (χ2n) is 3.87. The van der Waals surface area contributed by atoms with Crippen LogP contribution in [0.4, 0.5) is 0 Å². The van der Waals surface area contributed by atoms with E-state index in [2.05, 4.69) is 41.9 Å². The molecule has 0 saturated heterocycles. The van der Waals surface area contributed by atoms with E-state index in [1.807, 2.05) is 24.3 Å². The Kier molecular flexibility index (Phi) is 4.90. The molecule has 0 spiro atoms. The molecule has 3 rings (SSSR count). The molecule has 0 aliphatic rings. The number of fused-ring (bicyclic) bond motifs is 1. The molecule has 0 saturated carbocycles. The first-order valence-electron chi connectivity index (χ1n) is 5.20. The van der Waals surface area contributed by atoms with E-state index in [0.717, 1.165) is 21.4 Å². The molecular formula is C10H7Br3N4O2S2. The van der Waals surface area contributed by atoms with Gasteiger partial charge in [0.1, 0.15) is 10.3 Å². The summed E-state index contributed by atoms with van der Waals surface area (Å²) in [7, 11) is -3.83. The molecule has 6 nitrogen and oxygen atoms in total. The molecule has 0 radical (unpaired) electrons. The van der Waals surface area contributed by atoms with Crippen molar-refractivity contribution in [3.05, 3.63) is 33.3 Å². The van der Waals surface area contributed by atoms with E-state index in [1.165, 1.54) is 4.52 Å². The van der Waals surface area contributed by atoms with E-state index in [1.54, 1.807) is 0 Å². The quantitative estimate of drug-likeness (QED) is 0.564. The highest BCUT2D eigenvalue weighted by Gasteiger charge is 2.21. The summed E-state index contributed by atoms with van der Waals surface area (Å²) >= 11 is 7.65. The molecule has 21 heavy (non-hydrogen) atoms. The van der Waals surface area contributed by atoms with Crippen molar-refractivity contribution in [3.8, 4) is 11.3 Å². The Morgan fingerprint density at radius 1 is 1.19 bits per heavy atom. The molecule has 0 aliphatic carbocycles. The zero-order valence-corrected chi connectivity index (χ0v) is 16.5. The van der Waals surface area contributed by atoms with Crippen molar-refractivity contribution in [2.24, 2.45) is 5.14 Å². The van der Waals surface area contributed by atoms with Crippen molar-refractivity contribution in [3.63, 3.8) is 0 Å². The predicted molar refractivity (Wildman–Crippen MR) is 93.4 cm³/mol. The Bertz CT molecular complexity index is 902. The van der Waals surface area contributed by atoms with Crippen LogP contribution in [0.5, 0.6) is 0 Å². The van der Waals surface area contributed by atoms with Crippen LogP contribution in [0.15, 0.2) is 37.7 Å². The van der Waals surface area contributed by atoms with Crippen LogP contribution in [0, 0.1) is 0 Å². The van der Waals surface area contributed by atoms with E-state index in [0.29, 0.717) is 15.3 Å².